The van der Waals surface area contributed by atoms with Crippen LogP contribution in [0.2, 0.25) is 0 Å². The van der Waals surface area contributed by atoms with Crippen LogP contribution in [-0.4, -0.2) is 49.3 Å². The third kappa shape index (κ3) is 3.79. The van der Waals surface area contributed by atoms with Crippen LogP contribution in [0.15, 0.2) is 4.42 Å². The van der Waals surface area contributed by atoms with Gasteiger partial charge in [-0.05, 0) is 12.8 Å². The average Bonchev–Trinajstić information content (AvgIpc) is 3.00. The first-order chi connectivity index (χ1) is 10.9. The molecule has 1 N–H and O–H groups in total. The Hall–Kier alpha value is -1.58. The first-order valence-corrected chi connectivity index (χ1v) is 8.31. The quantitative estimate of drug-likeness (QED) is 0.900. The van der Waals surface area contributed by atoms with E-state index >= 15 is 0 Å². The molecule has 2 fully saturated rings. The highest BCUT2D eigenvalue weighted by atomic mass is 16.5. The molecule has 0 atom stereocenters. The van der Waals surface area contributed by atoms with E-state index < -0.39 is 0 Å². The Kier molecular flexibility index (Phi) is 5.30. The van der Waals surface area contributed by atoms with Crippen molar-refractivity contribution in [1.29, 1.82) is 5.26 Å². The van der Waals surface area contributed by atoms with Gasteiger partial charge in [-0.1, -0.05) is 19.3 Å². The molecule has 1 saturated carbocycles. The Bertz CT molecular complexity index is 511. The maximum atomic E-state index is 9.24. The Balaban J connectivity index is 1.55. The highest BCUT2D eigenvalue weighted by Gasteiger charge is 2.23. The molecule has 2 aliphatic rings. The van der Waals surface area contributed by atoms with Crippen molar-refractivity contribution in [1.82, 2.24) is 9.88 Å². The van der Waals surface area contributed by atoms with Crippen LogP contribution in [0.5, 0.6) is 0 Å². The molecule has 6 heteroatoms. The molecule has 1 aliphatic heterocycles. The van der Waals surface area contributed by atoms with Gasteiger partial charge >= 0.3 is 0 Å². The molecule has 1 aliphatic carbocycles. The lowest BCUT2D eigenvalue weighted by Crippen LogP contribution is -2.39. The molecule has 0 unspecified atom stereocenters. The minimum absolute atomic E-state index is 0.385. The summed E-state index contributed by atoms with van der Waals surface area (Å²) < 4.78 is 11.2. The van der Waals surface area contributed by atoms with Gasteiger partial charge < -0.3 is 14.5 Å². The van der Waals surface area contributed by atoms with E-state index in [1.54, 1.807) is 0 Å². The molecule has 6 nitrogen and oxygen atoms in total. The highest BCUT2D eigenvalue weighted by molar-refractivity contribution is 5.45. The third-order valence-electron chi connectivity index (χ3n) is 4.52. The number of nitriles is 1. The van der Waals surface area contributed by atoms with Gasteiger partial charge in [0, 0.05) is 32.1 Å². The van der Waals surface area contributed by atoms with Gasteiger partial charge in [0.05, 0.1) is 13.2 Å². The van der Waals surface area contributed by atoms with Gasteiger partial charge in [0.15, 0.2) is 0 Å². The number of nitrogens with zero attached hydrogens (tertiary/aromatic N) is 3. The minimum Gasteiger partial charge on any atom is -0.424 e. The first kappa shape index (κ1) is 15.3. The maximum Gasteiger partial charge on any atom is 0.232 e. The van der Waals surface area contributed by atoms with E-state index in [2.05, 4.69) is 21.3 Å². The number of hydrogen-bond acceptors (Lipinski definition) is 6. The number of rotatable bonds is 5. The highest BCUT2D eigenvalue weighted by Crippen LogP contribution is 2.34. The zero-order chi connectivity index (χ0) is 15.2. The summed E-state index contributed by atoms with van der Waals surface area (Å²) in [6.45, 7) is 5.23. The molecule has 0 amide bonds. The van der Waals surface area contributed by atoms with Crippen LogP contribution in [0.3, 0.4) is 0 Å². The number of nitrogens with one attached hydrogen (secondary N) is 1. The van der Waals surface area contributed by atoms with Crippen molar-refractivity contribution in [2.75, 3.05) is 44.7 Å². The van der Waals surface area contributed by atoms with E-state index in [-0.39, 0.29) is 0 Å². The molecule has 0 aromatic carbocycles. The maximum absolute atomic E-state index is 9.24. The summed E-state index contributed by atoms with van der Waals surface area (Å²) in [6.07, 6.45) is 6.01. The van der Waals surface area contributed by atoms with E-state index in [9.17, 15) is 5.26 Å². The van der Waals surface area contributed by atoms with Gasteiger partial charge in [0.25, 0.3) is 0 Å². The molecule has 3 rings (SSSR count). The van der Waals surface area contributed by atoms with Crippen LogP contribution < -0.4 is 5.32 Å². The number of morpholine rings is 1. The normalized spacial score (nSPS) is 20.7. The molecule has 0 radical (unpaired) electrons. The van der Waals surface area contributed by atoms with Crippen LogP contribution >= 0.6 is 0 Å². The fraction of sp³-hybridized carbons (Fsp3) is 0.750. The molecule has 120 valence electrons. The van der Waals surface area contributed by atoms with Crippen molar-refractivity contribution in [3.8, 4) is 6.07 Å². The monoisotopic (exact) mass is 304 g/mol. The smallest absolute Gasteiger partial charge is 0.232 e. The SMILES string of the molecule is N#Cc1nc(C2CCCCC2)oc1NCCN1CCOCC1. The minimum atomic E-state index is 0.385. The zero-order valence-corrected chi connectivity index (χ0v) is 13.0. The zero-order valence-electron chi connectivity index (χ0n) is 13.0. The fourth-order valence-corrected chi connectivity index (χ4v) is 3.21. The Labute approximate surface area is 131 Å². The van der Waals surface area contributed by atoms with E-state index in [1.807, 2.05) is 0 Å². The third-order valence-corrected chi connectivity index (χ3v) is 4.52. The van der Waals surface area contributed by atoms with Gasteiger partial charge in [-0.25, -0.2) is 4.98 Å². The summed E-state index contributed by atoms with van der Waals surface area (Å²) in [5, 5.41) is 12.5. The molecule has 2 heterocycles. The summed E-state index contributed by atoms with van der Waals surface area (Å²) in [5.41, 5.74) is 0.391. The predicted molar refractivity (Wildman–Crippen MR) is 82.8 cm³/mol. The van der Waals surface area contributed by atoms with Crippen molar-refractivity contribution >= 4 is 5.88 Å². The number of oxazole rings is 1. The molecule has 1 aromatic heterocycles. The van der Waals surface area contributed by atoms with E-state index in [0.717, 1.165) is 58.1 Å². The lowest BCUT2D eigenvalue weighted by Gasteiger charge is -2.26. The second-order valence-corrected chi connectivity index (χ2v) is 6.06. The summed E-state index contributed by atoms with van der Waals surface area (Å²) >= 11 is 0. The van der Waals surface area contributed by atoms with Crippen molar-refractivity contribution in [2.24, 2.45) is 0 Å². The van der Waals surface area contributed by atoms with Crippen LogP contribution in [0.1, 0.15) is 49.6 Å². The first-order valence-electron chi connectivity index (χ1n) is 8.31. The fourth-order valence-electron chi connectivity index (χ4n) is 3.21. The number of aromatic nitrogens is 1. The molecule has 1 saturated heterocycles. The lowest BCUT2D eigenvalue weighted by atomic mass is 9.89. The molecular formula is C16H24N4O2. The van der Waals surface area contributed by atoms with Gasteiger partial charge in [-0.15, -0.1) is 0 Å². The van der Waals surface area contributed by atoms with Gasteiger partial charge in [-0.2, -0.15) is 5.26 Å². The summed E-state index contributed by atoms with van der Waals surface area (Å²) in [4.78, 5) is 6.74. The second kappa shape index (κ2) is 7.61. The van der Waals surface area contributed by atoms with Crippen molar-refractivity contribution in [3.63, 3.8) is 0 Å². The Morgan fingerprint density at radius 2 is 2.00 bits per heavy atom. The molecule has 1 aromatic rings. The topological polar surface area (TPSA) is 74.3 Å². The molecule has 0 bridgehead atoms. The number of ether oxygens (including phenoxy) is 1. The predicted octanol–water partition coefficient (Wildman–Crippen LogP) is 2.34. The van der Waals surface area contributed by atoms with Gasteiger partial charge in [-0.3, -0.25) is 4.90 Å². The summed E-state index contributed by atoms with van der Waals surface area (Å²) in [7, 11) is 0. The molecular weight excluding hydrogens is 280 g/mol. The largest absolute Gasteiger partial charge is 0.424 e. The van der Waals surface area contributed by atoms with E-state index in [4.69, 9.17) is 9.15 Å². The number of hydrogen-bond donors (Lipinski definition) is 1. The standard InChI is InChI=1S/C16H24N4O2/c17-12-14-16(18-6-7-20-8-10-21-11-9-20)22-15(19-14)13-4-2-1-3-5-13/h13,18H,1-11H2. The van der Waals surface area contributed by atoms with Crippen LogP contribution in [0.4, 0.5) is 5.88 Å². The van der Waals surface area contributed by atoms with Crippen molar-refractivity contribution in [3.05, 3.63) is 11.6 Å². The van der Waals surface area contributed by atoms with E-state index in [0.29, 0.717) is 17.5 Å². The lowest BCUT2D eigenvalue weighted by molar-refractivity contribution is 0.0398. The van der Waals surface area contributed by atoms with Crippen LogP contribution in [-0.2, 0) is 4.74 Å². The number of anilines is 1. The van der Waals surface area contributed by atoms with Crippen LogP contribution in [0.25, 0.3) is 0 Å². The summed E-state index contributed by atoms with van der Waals surface area (Å²) in [5.74, 6) is 1.66. The average molecular weight is 304 g/mol. The van der Waals surface area contributed by atoms with Gasteiger partial charge in [0.2, 0.25) is 17.5 Å². The second-order valence-electron chi connectivity index (χ2n) is 6.06. The Morgan fingerprint density at radius 3 is 2.73 bits per heavy atom. The van der Waals surface area contributed by atoms with Crippen LogP contribution in [0, 0.1) is 11.3 Å². The Morgan fingerprint density at radius 1 is 1.23 bits per heavy atom. The molecule has 0 spiro atoms. The molecule has 22 heavy (non-hydrogen) atoms. The van der Waals surface area contributed by atoms with Crippen molar-refractivity contribution in [2.45, 2.75) is 38.0 Å². The van der Waals surface area contributed by atoms with E-state index in [1.165, 1.54) is 19.3 Å². The van der Waals surface area contributed by atoms with Crippen molar-refractivity contribution < 1.29 is 9.15 Å². The van der Waals surface area contributed by atoms with Gasteiger partial charge in [0.1, 0.15) is 6.07 Å². The summed E-state index contributed by atoms with van der Waals surface area (Å²) in [6, 6.07) is 2.14.